The fraction of sp³-hybridized carbons (Fsp3) is 0.188. The van der Waals surface area contributed by atoms with Crippen molar-refractivity contribution in [2.45, 2.75) is 11.4 Å². The van der Waals surface area contributed by atoms with E-state index in [2.05, 4.69) is 15.3 Å². The van der Waals surface area contributed by atoms with Crippen LogP contribution < -0.4 is 10.1 Å². The van der Waals surface area contributed by atoms with Crippen molar-refractivity contribution in [3.8, 4) is 5.75 Å². The predicted octanol–water partition coefficient (Wildman–Crippen LogP) is 2.59. The molecule has 0 atom stereocenters. The van der Waals surface area contributed by atoms with Crippen LogP contribution >= 0.6 is 0 Å². The maximum Gasteiger partial charge on any atom is 0.201 e. The second-order valence-electron chi connectivity index (χ2n) is 5.20. The molecule has 0 spiro atoms. The normalized spacial score (nSPS) is 11.6. The van der Waals surface area contributed by atoms with Crippen LogP contribution in [0.5, 0.6) is 5.75 Å². The molecule has 0 radical (unpaired) electrons. The van der Waals surface area contributed by atoms with Gasteiger partial charge in [0.15, 0.2) is 9.84 Å². The molecule has 3 rings (SSSR count). The molecule has 0 aliphatic heterocycles. The van der Waals surface area contributed by atoms with E-state index in [1.54, 1.807) is 25.3 Å². The zero-order chi connectivity index (χ0) is 16.4. The summed E-state index contributed by atoms with van der Waals surface area (Å²) in [5.74, 6) is 1.33. The van der Waals surface area contributed by atoms with Gasteiger partial charge in [0, 0.05) is 18.9 Å². The number of fused-ring (bicyclic) bond motifs is 1. The summed E-state index contributed by atoms with van der Waals surface area (Å²) in [6.45, 7) is 0.361. The van der Waals surface area contributed by atoms with Gasteiger partial charge in [-0.3, -0.25) is 0 Å². The first-order valence-electron chi connectivity index (χ1n) is 7.03. The summed E-state index contributed by atoms with van der Waals surface area (Å²) in [4.78, 5) is 7.89. The van der Waals surface area contributed by atoms with Crippen LogP contribution in [0, 0.1) is 0 Å². The number of rotatable bonds is 5. The molecule has 0 aliphatic rings. The molecule has 0 fully saturated rings. The van der Waals surface area contributed by atoms with Crippen LogP contribution in [0.1, 0.15) is 5.56 Å². The summed E-state index contributed by atoms with van der Waals surface area (Å²) in [7, 11) is -1.65. The molecule has 3 aromatic rings. The Morgan fingerprint density at radius 3 is 2.74 bits per heavy atom. The van der Waals surface area contributed by atoms with Crippen molar-refractivity contribution in [1.29, 1.82) is 0 Å². The molecule has 0 amide bonds. The lowest BCUT2D eigenvalue weighted by molar-refractivity contribution is 0.415. The first kappa shape index (κ1) is 15.4. The van der Waals surface area contributed by atoms with Gasteiger partial charge < -0.3 is 15.0 Å². The number of anilines is 1. The number of benzene rings is 2. The number of hydrogen-bond donors (Lipinski definition) is 2. The fourth-order valence-corrected chi connectivity index (χ4v) is 3.33. The molecule has 7 heteroatoms. The molecule has 0 aliphatic carbocycles. The Hall–Kier alpha value is -2.54. The number of nitrogens with zero attached hydrogens (tertiary/aromatic N) is 1. The maximum atomic E-state index is 11.8. The molecule has 0 bridgehead atoms. The second-order valence-corrected chi connectivity index (χ2v) is 7.19. The van der Waals surface area contributed by atoms with Crippen LogP contribution in [-0.2, 0) is 16.4 Å². The van der Waals surface area contributed by atoms with Crippen molar-refractivity contribution in [2.24, 2.45) is 0 Å². The summed E-state index contributed by atoms with van der Waals surface area (Å²) in [5.41, 5.74) is 2.36. The number of imidazole rings is 1. The fourth-order valence-electron chi connectivity index (χ4n) is 2.39. The Bertz CT molecular complexity index is 948. The van der Waals surface area contributed by atoms with Gasteiger partial charge in [-0.05, 0) is 23.8 Å². The summed E-state index contributed by atoms with van der Waals surface area (Å²) in [6, 6.07) is 12.5. The minimum atomic E-state index is -3.26. The van der Waals surface area contributed by atoms with Crippen molar-refractivity contribution in [1.82, 2.24) is 9.97 Å². The molecule has 0 saturated carbocycles. The minimum absolute atomic E-state index is 0.324. The molecule has 6 nitrogen and oxygen atoms in total. The molecule has 0 saturated heterocycles. The Morgan fingerprint density at radius 1 is 1.22 bits per heavy atom. The topological polar surface area (TPSA) is 84.1 Å². The average Bonchev–Trinajstić information content (AvgIpc) is 2.94. The molecule has 120 valence electrons. The number of H-pyrrole nitrogens is 1. The Kier molecular flexibility index (Phi) is 3.96. The van der Waals surface area contributed by atoms with E-state index in [9.17, 15) is 8.42 Å². The van der Waals surface area contributed by atoms with Gasteiger partial charge in [0.2, 0.25) is 5.95 Å². The third kappa shape index (κ3) is 3.29. The van der Waals surface area contributed by atoms with E-state index in [1.807, 2.05) is 24.3 Å². The van der Waals surface area contributed by atoms with E-state index in [4.69, 9.17) is 4.74 Å². The summed E-state index contributed by atoms with van der Waals surface area (Å²) in [5, 5.41) is 3.13. The van der Waals surface area contributed by atoms with Gasteiger partial charge in [-0.25, -0.2) is 13.4 Å². The lowest BCUT2D eigenvalue weighted by Crippen LogP contribution is -2.07. The lowest BCUT2D eigenvalue weighted by Gasteiger charge is -2.08. The number of ether oxygens (including phenoxy) is 1. The first-order chi connectivity index (χ1) is 11.0. The van der Waals surface area contributed by atoms with Crippen LogP contribution in [0.2, 0.25) is 0 Å². The Balaban J connectivity index is 1.84. The number of aromatic nitrogens is 2. The highest BCUT2D eigenvalue weighted by molar-refractivity contribution is 7.90. The van der Waals surface area contributed by atoms with Crippen LogP contribution in [0.3, 0.4) is 0 Å². The first-order valence-corrected chi connectivity index (χ1v) is 8.92. The number of methoxy groups -OCH3 is 1. The van der Waals surface area contributed by atoms with E-state index in [1.165, 1.54) is 6.26 Å². The predicted molar refractivity (Wildman–Crippen MR) is 89.5 cm³/mol. The summed E-state index contributed by atoms with van der Waals surface area (Å²) >= 11 is 0. The maximum absolute atomic E-state index is 11.8. The largest absolute Gasteiger partial charge is 0.497 e. The van der Waals surface area contributed by atoms with E-state index in [0.717, 1.165) is 16.8 Å². The van der Waals surface area contributed by atoms with Gasteiger partial charge >= 0.3 is 0 Å². The zero-order valence-electron chi connectivity index (χ0n) is 12.8. The molecule has 23 heavy (non-hydrogen) atoms. The number of aromatic amines is 1. The smallest absolute Gasteiger partial charge is 0.201 e. The van der Waals surface area contributed by atoms with Crippen LogP contribution in [-0.4, -0.2) is 31.8 Å². The van der Waals surface area contributed by atoms with Gasteiger partial charge in [-0.2, -0.15) is 0 Å². The Labute approximate surface area is 134 Å². The number of nitrogens with one attached hydrogen (secondary N) is 2. The van der Waals surface area contributed by atoms with Crippen LogP contribution in [0.15, 0.2) is 47.4 Å². The van der Waals surface area contributed by atoms with Gasteiger partial charge in [-0.1, -0.05) is 18.2 Å². The average molecular weight is 331 g/mol. The highest BCUT2D eigenvalue weighted by atomic mass is 32.2. The highest BCUT2D eigenvalue weighted by Gasteiger charge is 2.12. The summed E-state index contributed by atoms with van der Waals surface area (Å²) < 4.78 is 28.8. The number of sulfone groups is 1. The molecule has 2 N–H and O–H groups in total. The van der Waals surface area contributed by atoms with E-state index in [-0.39, 0.29) is 0 Å². The van der Waals surface area contributed by atoms with Crippen molar-refractivity contribution < 1.29 is 13.2 Å². The van der Waals surface area contributed by atoms with Crippen LogP contribution in [0.25, 0.3) is 11.0 Å². The molecular weight excluding hydrogens is 314 g/mol. The third-order valence-corrected chi connectivity index (χ3v) is 4.70. The van der Waals surface area contributed by atoms with Crippen molar-refractivity contribution >= 4 is 26.8 Å². The van der Waals surface area contributed by atoms with Crippen molar-refractivity contribution in [3.05, 3.63) is 48.0 Å². The van der Waals surface area contributed by atoms with Crippen molar-refractivity contribution in [3.63, 3.8) is 0 Å². The standard InChI is InChI=1S/C16H17N3O3S/c1-22-12-7-8-13-14(9-12)19-16(18-13)17-10-11-5-3-4-6-15(11)23(2,20)21/h3-9H,10H2,1-2H3,(H2,17,18,19). The second kappa shape index (κ2) is 5.92. The van der Waals surface area contributed by atoms with Gasteiger partial charge in [0.25, 0.3) is 0 Å². The highest BCUT2D eigenvalue weighted by Crippen LogP contribution is 2.21. The van der Waals surface area contributed by atoms with Crippen molar-refractivity contribution in [2.75, 3.05) is 18.7 Å². The minimum Gasteiger partial charge on any atom is -0.497 e. The molecule has 1 heterocycles. The van der Waals surface area contributed by atoms with Gasteiger partial charge in [-0.15, -0.1) is 0 Å². The third-order valence-electron chi connectivity index (χ3n) is 3.51. The Morgan fingerprint density at radius 2 is 2.00 bits per heavy atom. The van der Waals surface area contributed by atoms with Gasteiger partial charge in [0.1, 0.15) is 5.75 Å². The quantitative estimate of drug-likeness (QED) is 0.751. The molecule has 2 aromatic carbocycles. The van der Waals surface area contributed by atoms with Crippen LogP contribution in [0.4, 0.5) is 5.95 Å². The molecule has 0 unspecified atom stereocenters. The molecule has 1 aromatic heterocycles. The lowest BCUT2D eigenvalue weighted by atomic mass is 10.2. The number of hydrogen-bond acceptors (Lipinski definition) is 5. The van der Waals surface area contributed by atoms with Gasteiger partial charge in [0.05, 0.1) is 23.0 Å². The molecular formula is C16H17N3O3S. The summed E-state index contributed by atoms with van der Waals surface area (Å²) in [6.07, 6.45) is 1.21. The van der Waals surface area contributed by atoms with E-state index < -0.39 is 9.84 Å². The van der Waals surface area contributed by atoms with E-state index in [0.29, 0.717) is 23.0 Å². The van der Waals surface area contributed by atoms with E-state index >= 15 is 0 Å². The SMILES string of the molecule is COc1ccc2nc(NCc3ccccc3S(C)(=O)=O)[nH]c2c1. The zero-order valence-corrected chi connectivity index (χ0v) is 13.6. The monoisotopic (exact) mass is 331 g/mol.